The minimum atomic E-state index is -4.05. The summed E-state index contributed by atoms with van der Waals surface area (Å²) in [6.45, 7) is 5.25. The maximum absolute atomic E-state index is 13.5. The summed E-state index contributed by atoms with van der Waals surface area (Å²) in [6.07, 6.45) is 4.65. The number of sulfonamides is 1. The van der Waals surface area contributed by atoms with Crippen molar-refractivity contribution >= 4 is 33.7 Å². The molecule has 0 bridgehead atoms. The zero-order valence-corrected chi connectivity index (χ0v) is 24.7. The zero-order chi connectivity index (χ0) is 30.0. The van der Waals surface area contributed by atoms with Crippen molar-refractivity contribution in [2.75, 3.05) is 37.2 Å². The van der Waals surface area contributed by atoms with Gasteiger partial charge in [-0.1, -0.05) is 17.7 Å². The molecule has 1 N–H and O–H groups in total. The van der Waals surface area contributed by atoms with Gasteiger partial charge in [0.15, 0.2) is 6.61 Å². The van der Waals surface area contributed by atoms with Crippen LogP contribution in [-0.4, -0.2) is 64.2 Å². The molecular formula is C31H36N4O6S. The number of hydrogen-bond acceptors (Lipinski definition) is 7. The number of carbonyl (C=O) groups is 2. The summed E-state index contributed by atoms with van der Waals surface area (Å²) in [6, 6.07) is 19.9. The van der Waals surface area contributed by atoms with Crippen LogP contribution in [0.1, 0.15) is 37.3 Å². The fourth-order valence-corrected chi connectivity index (χ4v) is 5.82. The summed E-state index contributed by atoms with van der Waals surface area (Å²) in [5.74, 6) is 0.501. The third-order valence-corrected chi connectivity index (χ3v) is 8.47. The van der Waals surface area contributed by atoms with Crippen molar-refractivity contribution in [3.63, 3.8) is 0 Å². The van der Waals surface area contributed by atoms with Gasteiger partial charge in [-0.25, -0.2) is 13.8 Å². The highest BCUT2D eigenvalue weighted by Crippen LogP contribution is 2.26. The second-order valence-corrected chi connectivity index (χ2v) is 11.7. The molecular weight excluding hydrogens is 556 g/mol. The smallest absolute Gasteiger partial charge is 0.264 e. The monoisotopic (exact) mass is 592 g/mol. The zero-order valence-electron chi connectivity index (χ0n) is 23.9. The van der Waals surface area contributed by atoms with Crippen LogP contribution < -0.4 is 19.2 Å². The van der Waals surface area contributed by atoms with Gasteiger partial charge in [-0.15, -0.1) is 0 Å². The van der Waals surface area contributed by atoms with E-state index >= 15 is 0 Å². The first-order chi connectivity index (χ1) is 20.3. The molecule has 0 unspecified atom stereocenters. The first kappa shape index (κ1) is 30.6. The molecule has 0 saturated carbocycles. The lowest BCUT2D eigenvalue weighted by Crippen LogP contribution is -2.39. The maximum Gasteiger partial charge on any atom is 0.264 e. The van der Waals surface area contributed by atoms with E-state index in [1.54, 1.807) is 60.7 Å². The molecule has 1 heterocycles. The van der Waals surface area contributed by atoms with Crippen molar-refractivity contribution in [1.29, 1.82) is 0 Å². The number of nitrogens with one attached hydrogen (secondary N) is 1. The number of rotatable bonds is 12. The number of carbonyl (C=O) groups excluding carboxylic acids is 2. The summed E-state index contributed by atoms with van der Waals surface area (Å²) in [7, 11) is -4.05. The van der Waals surface area contributed by atoms with E-state index in [1.165, 1.54) is 18.3 Å². The normalized spacial score (nSPS) is 13.5. The molecule has 1 saturated heterocycles. The Balaban J connectivity index is 1.38. The summed E-state index contributed by atoms with van der Waals surface area (Å²) < 4.78 is 39.2. The number of anilines is 1. The van der Waals surface area contributed by atoms with Crippen molar-refractivity contribution in [1.82, 2.24) is 10.3 Å². The Morgan fingerprint density at radius 3 is 2.17 bits per heavy atom. The van der Waals surface area contributed by atoms with Crippen LogP contribution in [-0.2, 0) is 19.6 Å². The van der Waals surface area contributed by atoms with E-state index in [1.807, 2.05) is 18.7 Å². The molecule has 0 atom stereocenters. The van der Waals surface area contributed by atoms with E-state index < -0.39 is 22.5 Å². The molecule has 42 heavy (non-hydrogen) atoms. The van der Waals surface area contributed by atoms with Crippen LogP contribution in [0.3, 0.4) is 0 Å². The van der Waals surface area contributed by atoms with Gasteiger partial charge in [-0.2, -0.15) is 5.10 Å². The van der Waals surface area contributed by atoms with E-state index in [-0.39, 0.29) is 17.4 Å². The number of hydrogen-bond donors (Lipinski definition) is 1. The Kier molecular flexibility index (Phi) is 10.6. The van der Waals surface area contributed by atoms with Crippen LogP contribution in [0.15, 0.2) is 82.8 Å². The largest absolute Gasteiger partial charge is 0.494 e. The Hall–Kier alpha value is -4.38. The Labute approximate surface area is 247 Å². The molecule has 0 spiro atoms. The summed E-state index contributed by atoms with van der Waals surface area (Å²) in [5.41, 5.74) is 4.31. The number of amides is 2. The lowest BCUT2D eigenvalue weighted by atomic mass is 10.1. The number of hydrazone groups is 1. The molecule has 0 aromatic heterocycles. The summed E-state index contributed by atoms with van der Waals surface area (Å²) in [4.78, 5) is 27.0. The summed E-state index contributed by atoms with van der Waals surface area (Å²) >= 11 is 0. The van der Waals surface area contributed by atoms with Gasteiger partial charge in [0, 0.05) is 13.1 Å². The van der Waals surface area contributed by atoms with Crippen molar-refractivity contribution in [3.8, 4) is 11.5 Å². The van der Waals surface area contributed by atoms with E-state index in [0.29, 0.717) is 29.4 Å². The second kappa shape index (κ2) is 14.5. The third-order valence-electron chi connectivity index (χ3n) is 6.69. The SMILES string of the molecule is CCOc1ccc(N(CC(=O)N/N=C\c2ccc(OCC(=O)N3CCCCC3)cc2)S(=O)(=O)c2ccc(C)cc2)cc1. The van der Waals surface area contributed by atoms with Crippen molar-refractivity contribution < 1.29 is 27.5 Å². The van der Waals surface area contributed by atoms with Gasteiger partial charge in [0.25, 0.3) is 21.8 Å². The molecule has 1 fully saturated rings. The quantitative estimate of drug-likeness (QED) is 0.250. The first-order valence-corrected chi connectivity index (χ1v) is 15.3. The molecule has 3 aromatic rings. The van der Waals surface area contributed by atoms with Crippen LogP contribution in [0.25, 0.3) is 0 Å². The number of nitrogens with zero attached hydrogens (tertiary/aromatic N) is 3. The second-order valence-electron chi connectivity index (χ2n) is 9.84. The maximum atomic E-state index is 13.5. The van der Waals surface area contributed by atoms with Crippen LogP contribution in [0.5, 0.6) is 11.5 Å². The fourth-order valence-electron chi connectivity index (χ4n) is 4.40. The molecule has 1 aliphatic rings. The highest BCUT2D eigenvalue weighted by atomic mass is 32.2. The van der Waals surface area contributed by atoms with E-state index in [4.69, 9.17) is 9.47 Å². The Bertz CT molecular complexity index is 1470. The average Bonchev–Trinajstić information content (AvgIpc) is 3.00. The minimum absolute atomic E-state index is 0.0140. The molecule has 0 radical (unpaired) electrons. The predicted molar refractivity (Wildman–Crippen MR) is 161 cm³/mol. The molecule has 4 rings (SSSR count). The van der Waals surface area contributed by atoms with Gasteiger partial charge < -0.3 is 14.4 Å². The van der Waals surface area contributed by atoms with Gasteiger partial charge in [0.1, 0.15) is 18.0 Å². The van der Waals surface area contributed by atoms with E-state index in [2.05, 4.69) is 10.5 Å². The lowest BCUT2D eigenvalue weighted by Gasteiger charge is -2.26. The molecule has 3 aromatic carbocycles. The number of benzene rings is 3. The fraction of sp³-hybridized carbons (Fsp3) is 0.323. The predicted octanol–water partition coefficient (Wildman–Crippen LogP) is 4.13. The topological polar surface area (TPSA) is 118 Å². The van der Waals surface area contributed by atoms with Crippen LogP contribution >= 0.6 is 0 Å². The lowest BCUT2D eigenvalue weighted by molar-refractivity contribution is -0.134. The van der Waals surface area contributed by atoms with Crippen molar-refractivity contribution in [3.05, 3.63) is 83.9 Å². The van der Waals surface area contributed by atoms with Gasteiger partial charge in [0.05, 0.1) is 23.4 Å². The first-order valence-electron chi connectivity index (χ1n) is 13.9. The molecule has 10 nitrogen and oxygen atoms in total. The van der Waals surface area contributed by atoms with E-state index in [9.17, 15) is 18.0 Å². The van der Waals surface area contributed by atoms with Crippen LogP contribution in [0, 0.1) is 6.92 Å². The standard InChI is InChI=1S/C31H36N4O6S/c1-3-40-27-15-11-26(12-16-27)35(42(38,39)29-17-7-24(2)8-18-29)22-30(36)33-32-21-25-9-13-28(14-10-25)41-23-31(37)34-19-5-4-6-20-34/h7-18,21H,3-6,19-20,22-23H2,1-2H3,(H,33,36)/b32-21-. The van der Waals surface area contributed by atoms with Crippen LogP contribution in [0.4, 0.5) is 5.69 Å². The molecule has 0 aliphatic carbocycles. The van der Waals surface area contributed by atoms with Gasteiger partial charge in [-0.3, -0.25) is 13.9 Å². The van der Waals surface area contributed by atoms with Crippen molar-refractivity contribution in [2.45, 2.75) is 38.0 Å². The van der Waals surface area contributed by atoms with Gasteiger partial charge in [0.2, 0.25) is 0 Å². The van der Waals surface area contributed by atoms with E-state index in [0.717, 1.165) is 42.2 Å². The number of piperidine rings is 1. The molecule has 1 aliphatic heterocycles. The van der Waals surface area contributed by atoms with Gasteiger partial charge in [-0.05, 0) is 99.3 Å². The average molecular weight is 593 g/mol. The molecule has 2 amide bonds. The Morgan fingerprint density at radius 2 is 1.52 bits per heavy atom. The molecule has 11 heteroatoms. The minimum Gasteiger partial charge on any atom is -0.494 e. The summed E-state index contributed by atoms with van der Waals surface area (Å²) in [5, 5.41) is 3.99. The van der Waals surface area contributed by atoms with Crippen LogP contribution in [0.2, 0.25) is 0 Å². The van der Waals surface area contributed by atoms with Gasteiger partial charge >= 0.3 is 0 Å². The highest BCUT2D eigenvalue weighted by Gasteiger charge is 2.27. The van der Waals surface area contributed by atoms with Crippen molar-refractivity contribution in [2.24, 2.45) is 5.10 Å². The third kappa shape index (κ3) is 8.32. The highest BCUT2D eigenvalue weighted by molar-refractivity contribution is 7.92. The number of aryl methyl sites for hydroxylation is 1. The number of ether oxygens (including phenoxy) is 2. The Morgan fingerprint density at radius 1 is 0.905 bits per heavy atom. The molecule has 222 valence electrons. The number of likely N-dealkylation sites (tertiary alicyclic amines) is 1.